The van der Waals surface area contributed by atoms with Crippen LogP contribution >= 0.6 is 0 Å². The molecule has 0 aromatic heterocycles. The van der Waals surface area contributed by atoms with E-state index in [4.69, 9.17) is 0 Å². The molecule has 0 spiro atoms. The summed E-state index contributed by atoms with van der Waals surface area (Å²) in [5.41, 5.74) is -0.253. The number of hydrogen-bond acceptors (Lipinski definition) is 2. The van der Waals surface area contributed by atoms with Crippen molar-refractivity contribution in [2.45, 2.75) is 58.0 Å². The van der Waals surface area contributed by atoms with Crippen LogP contribution in [-0.2, 0) is 4.79 Å². The lowest BCUT2D eigenvalue weighted by molar-refractivity contribution is -0.132. The number of nitrogens with zero attached hydrogens (tertiary/aromatic N) is 1. The Labute approximate surface area is 97.8 Å². The summed E-state index contributed by atoms with van der Waals surface area (Å²) < 4.78 is 0. The zero-order valence-electron chi connectivity index (χ0n) is 10.5. The van der Waals surface area contributed by atoms with Crippen LogP contribution in [0.25, 0.3) is 0 Å². The number of aliphatic hydroxyl groups is 1. The summed E-state index contributed by atoms with van der Waals surface area (Å²) in [7, 11) is 0. The molecule has 0 atom stereocenters. The molecule has 1 aliphatic carbocycles. The molecule has 2 rings (SSSR count). The predicted molar refractivity (Wildman–Crippen MR) is 63.0 cm³/mol. The highest BCUT2D eigenvalue weighted by molar-refractivity contribution is 5.78. The third-order valence-corrected chi connectivity index (χ3v) is 4.19. The van der Waals surface area contributed by atoms with Crippen LogP contribution < -0.4 is 0 Å². The maximum atomic E-state index is 11.5. The standard InChI is InChI=1S/C13H23NO2/c1-12(2)5-7-13(16,8-6-12)10-14-9-3-4-11(14)15/h16H,3-10H2,1-2H3. The molecule has 0 radical (unpaired) electrons. The largest absolute Gasteiger partial charge is 0.388 e. The summed E-state index contributed by atoms with van der Waals surface area (Å²) >= 11 is 0. The molecule has 1 saturated carbocycles. The van der Waals surface area contributed by atoms with E-state index in [9.17, 15) is 9.90 Å². The van der Waals surface area contributed by atoms with E-state index < -0.39 is 5.60 Å². The van der Waals surface area contributed by atoms with Gasteiger partial charge < -0.3 is 10.0 Å². The van der Waals surface area contributed by atoms with Gasteiger partial charge in [-0.2, -0.15) is 0 Å². The monoisotopic (exact) mass is 225 g/mol. The van der Waals surface area contributed by atoms with Crippen LogP contribution in [0.1, 0.15) is 52.4 Å². The van der Waals surface area contributed by atoms with E-state index in [2.05, 4.69) is 13.8 Å². The van der Waals surface area contributed by atoms with E-state index in [0.717, 1.165) is 38.6 Å². The molecular weight excluding hydrogens is 202 g/mol. The number of rotatable bonds is 2. The van der Waals surface area contributed by atoms with Crippen molar-refractivity contribution in [3.8, 4) is 0 Å². The highest BCUT2D eigenvalue weighted by atomic mass is 16.3. The van der Waals surface area contributed by atoms with Gasteiger partial charge >= 0.3 is 0 Å². The van der Waals surface area contributed by atoms with E-state index in [0.29, 0.717) is 18.4 Å². The lowest BCUT2D eigenvalue weighted by Crippen LogP contribution is -2.47. The fourth-order valence-electron chi connectivity index (χ4n) is 2.78. The number of carbonyl (C=O) groups is 1. The molecule has 2 fully saturated rings. The summed E-state index contributed by atoms with van der Waals surface area (Å²) in [6.07, 6.45) is 5.42. The first kappa shape index (κ1) is 11.9. The molecule has 16 heavy (non-hydrogen) atoms. The molecule has 0 aromatic rings. The van der Waals surface area contributed by atoms with Gasteiger partial charge in [0.1, 0.15) is 0 Å². The predicted octanol–water partition coefficient (Wildman–Crippen LogP) is 1.94. The number of likely N-dealkylation sites (tertiary alicyclic amines) is 1. The van der Waals surface area contributed by atoms with Crippen LogP contribution in [0, 0.1) is 5.41 Å². The third-order valence-electron chi connectivity index (χ3n) is 4.19. The SMILES string of the molecule is CC1(C)CCC(O)(CN2CCCC2=O)CC1. The molecule has 3 nitrogen and oxygen atoms in total. The normalized spacial score (nSPS) is 28.4. The van der Waals surface area contributed by atoms with Crippen LogP contribution in [0.15, 0.2) is 0 Å². The van der Waals surface area contributed by atoms with Crippen molar-refractivity contribution in [2.24, 2.45) is 5.41 Å². The Kier molecular flexibility index (Phi) is 2.99. The summed E-state index contributed by atoms with van der Waals surface area (Å²) in [4.78, 5) is 13.4. The number of carbonyl (C=O) groups excluding carboxylic acids is 1. The molecule has 0 aromatic carbocycles. The molecule has 2 aliphatic rings. The van der Waals surface area contributed by atoms with E-state index in [-0.39, 0.29) is 5.91 Å². The van der Waals surface area contributed by atoms with Crippen molar-refractivity contribution < 1.29 is 9.90 Å². The summed E-state index contributed by atoms with van der Waals surface area (Å²) in [6, 6.07) is 0. The Morgan fingerprint density at radius 1 is 1.25 bits per heavy atom. The fraction of sp³-hybridized carbons (Fsp3) is 0.923. The van der Waals surface area contributed by atoms with Crippen molar-refractivity contribution in [3.05, 3.63) is 0 Å². The topological polar surface area (TPSA) is 40.5 Å². The highest BCUT2D eigenvalue weighted by Crippen LogP contribution is 2.40. The van der Waals surface area contributed by atoms with Crippen LogP contribution in [0.4, 0.5) is 0 Å². The first-order chi connectivity index (χ1) is 7.40. The van der Waals surface area contributed by atoms with Gasteiger partial charge in [0.05, 0.1) is 5.60 Å². The van der Waals surface area contributed by atoms with Crippen molar-refractivity contribution in [2.75, 3.05) is 13.1 Å². The van der Waals surface area contributed by atoms with Crippen molar-refractivity contribution in [3.63, 3.8) is 0 Å². The minimum atomic E-state index is -0.616. The maximum absolute atomic E-state index is 11.5. The average molecular weight is 225 g/mol. The van der Waals surface area contributed by atoms with Crippen molar-refractivity contribution in [1.29, 1.82) is 0 Å². The molecule has 0 unspecified atom stereocenters. The van der Waals surface area contributed by atoms with Gasteiger partial charge in [0.2, 0.25) is 5.91 Å². The van der Waals surface area contributed by atoms with Crippen molar-refractivity contribution in [1.82, 2.24) is 4.90 Å². The van der Waals surface area contributed by atoms with E-state index >= 15 is 0 Å². The molecule has 1 heterocycles. The summed E-state index contributed by atoms with van der Waals surface area (Å²) in [6.45, 7) is 5.91. The highest BCUT2D eigenvalue weighted by Gasteiger charge is 2.39. The van der Waals surface area contributed by atoms with Crippen LogP contribution in [0.3, 0.4) is 0 Å². The Morgan fingerprint density at radius 3 is 2.38 bits per heavy atom. The van der Waals surface area contributed by atoms with Crippen molar-refractivity contribution >= 4 is 5.91 Å². The van der Waals surface area contributed by atoms with Gasteiger partial charge in [-0.15, -0.1) is 0 Å². The summed E-state index contributed by atoms with van der Waals surface area (Å²) in [5.74, 6) is 0.221. The van der Waals surface area contributed by atoms with Gasteiger partial charge in [0.25, 0.3) is 0 Å². The molecule has 3 heteroatoms. The number of hydrogen-bond donors (Lipinski definition) is 1. The van der Waals surface area contributed by atoms with Crippen LogP contribution in [-0.4, -0.2) is 34.6 Å². The van der Waals surface area contributed by atoms with Crippen LogP contribution in [0.5, 0.6) is 0 Å². The molecular formula is C13H23NO2. The Morgan fingerprint density at radius 2 is 1.88 bits per heavy atom. The lowest BCUT2D eigenvalue weighted by atomic mass is 9.71. The second-order valence-electron chi connectivity index (χ2n) is 6.31. The first-order valence-electron chi connectivity index (χ1n) is 6.41. The van der Waals surface area contributed by atoms with E-state index in [1.807, 2.05) is 4.90 Å². The maximum Gasteiger partial charge on any atom is 0.222 e. The number of β-amino-alcohol motifs (C(OH)–C–C–N with tert-alkyl or cyclic N) is 1. The minimum absolute atomic E-state index is 0.221. The van der Waals surface area contributed by atoms with Gasteiger partial charge in [-0.25, -0.2) is 0 Å². The lowest BCUT2D eigenvalue weighted by Gasteiger charge is -2.41. The van der Waals surface area contributed by atoms with Gasteiger partial charge in [-0.05, 0) is 37.5 Å². The minimum Gasteiger partial charge on any atom is -0.388 e. The molecule has 0 bridgehead atoms. The average Bonchev–Trinajstić information content (AvgIpc) is 2.58. The van der Waals surface area contributed by atoms with Gasteiger partial charge in [-0.1, -0.05) is 13.8 Å². The first-order valence-corrected chi connectivity index (χ1v) is 6.41. The zero-order valence-corrected chi connectivity index (χ0v) is 10.5. The molecule has 92 valence electrons. The second-order valence-corrected chi connectivity index (χ2v) is 6.31. The van der Waals surface area contributed by atoms with E-state index in [1.165, 1.54) is 0 Å². The number of amides is 1. The molecule has 1 aliphatic heterocycles. The second kappa shape index (κ2) is 4.02. The summed E-state index contributed by atoms with van der Waals surface area (Å²) in [5, 5.41) is 10.5. The Bertz CT molecular complexity index is 276. The van der Waals surface area contributed by atoms with Gasteiger partial charge in [0.15, 0.2) is 0 Å². The van der Waals surface area contributed by atoms with Crippen LogP contribution in [0.2, 0.25) is 0 Å². The molecule has 1 N–H and O–H groups in total. The smallest absolute Gasteiger partial charge is 0.222 e. The Balaban J connectivity index is 1.92. The zero-order chi connectivity index (χ0) is 11.8. The fourth-order valence-corrected chi connectivity index (χ4v) is 2.78. The van der Waals surface area contributed by atoms with E-state index in [1.54, 1.807) is 0 Å². The molecule has 1 amide bonds. The van der Waals surface area contributed by atoms with Gasteiger partial charge in [0, 0.05) is 19.5 Å². The molecule has 1 saturated heterocycles. The van der Waals surface area contributed by atoms with Gasteiger partial charge in [-0.3, -0.25) is 4.79 Å². The quantitative estimate of drug-likeness (QED) is 0.780. The third kappa shape index (κ3) is 2.57. The Hall–Kier alpha value is -0.570.